The van der Waals surface area contributed by atoms with E-state index < -0.39 is 73.5 Å². The Bertz CT molecular complexity index is 616. The van der Waals surface area contributed by atoms with Crippen LogP contribution in [0, 0.1) is 0 Å². The van der Waals surface area contributed by atoms with Gasteiger partial charge in [0.1, 0.15) is 18.1 Å². The summed E-state index contributed by atoms with van der Waals surface area (Å²) in [6.07, 6.45) is 0.343. The highest BCUT2D eigenvalue weighted by molar-refractivity contribution is 5.94. The van der Waals surface area contributed by atoms with Gasteiger partial charge in [-0.25, -0.2) is 4.79 Å². The van der Waals surface area contributed by atoms with Gasteiger partial charge in [-0.2, -0.15) is 0 Å². The predicted molar refractivity (Wildman–Crippen MR) is 101 cm³/mol. The van der Waals surface area contributed by atoms with Gasteiger partial charge in [-0.15, -0.1) is 0 Å². The first-order valence-electron chi connectivity index (χ1n) is 9.10. The summed E-state index contributed by atoms with van der Waals surface area (Å²) in [7, 11) is 0. The van der Waals surface area contributed by atoms with Gasteiger partial charge in [0.15, 0.2) is 0 Å². The normalized spacial score (nSPS) is 14.7. The molecule has 11 N–H and O–H groups in total. The van der Waals surface area contributed by atoms with Crippen molar-refractivity contribution in [2.45, 2.75) is 49.9 Å². The van der Waals surface area contributed by atoms with Crippen LogP contribution in [0.25, 0.3) is 0 Å². The second-order valence-corrected chi connectivity index (χ2v) is 6.38. The fraction of sp³-hybridized carbons (Fsp3) is 0.688. The summed E-state index contributed by atoms with van der Waals surface area (Å²) in [4.78, 5) is 58.0. The minimum Gasteiger partial charge on any atom is -0.481 e. The number of nitrogens with one attached hydrogen (secondary N) is 3. The average molecular weight is 435 g/mol. The molecule has 0 spiro atoms. The lowest BCUT2D eigenvalue weighted by atomic mass is 10.1. The maximum atomic E-state index is 12.2. The topological polar surface area (TPSA) is 254 Å². The molecule has 0 saturated heterocycles. The monoisotopic (exact) mass is 435 g/mol. The molecule has 3 amide bonds. The van der Waals surface area contributed by atoms with Crippen LogP contribution in [0.3, 0.4) is 0 Å². The summed E-state index contributed by atoms with van der Waals surface area (Å²) >= 11 is 0. The number of carbonyl (C=O) groups excluding carboxylic acids is 3. The van der Waals surface area contributed by atoms with Crippen LogP contribution in [0.1, 0.15) is 25.7 Å². The zero-order valence-corrected chi connectivity index (χ0v) is 16.2. The highest BCUT2D eigenvalue weighted by Gasteiger charge is 2.30. The Balaban J connectivity index is 4.94. The van der Waals surface area contributed by atoms with Crippen molar-refractivity contribution in [3.8, 4) is 0 Å². The van der Waals surface area contributed by atoms with Crippen LogP contribution in [0.2, 0.25) is 0 Å². The summed E-state index contributed by atoms with van der Waals surface area (Å²) in [6, 6.07) is -5.89. The van der Waals surface area contributed by atoms with E-state index in [1.54, 1.807) is 0 Å². The highest BCUT2D eigenvalue weighted by Crippen LogP contribution is 2.02. The summed E-state index contributed by atoms with van der Waals surface area (Å²) in [5.41, 5.74) is 10.7. The first-order chi connectivity index (χ1) is 14.1. The van der Waals surface area contributed by atoms with Crippen LogP contribution in [-0.2, 0) is 24.0 Å². The summed E-state index contributed by atoms with van der Waals surface area (Å²) in [5.74, 6) is -5.74. The van der Waals surface area contributed by atoms with Crippen LogP contribution in [0.4, 0.5) is 0 Å². The Hall–Kier alpha value is -2.81. The van der Waals surface area contributed by atoms with Gasteiger partial charge in [-0.05, 0) is 25.8 Å². The number of aliphatic hydroxyl groups is 2. The molecule has 14 heteroatoms. The molecule has 4 unspecified atom stereocenters. The van der Waals surface area contributed by atoms with Gasteiger partial charge in [-0.3, -0.25) is 19.2 Å². The molecule has 30 heavy (non-hydrogen) atoms. The minimum atomic E-state index is -1.58. The maximum absolute atomic E-state index is 12.2. The zero-order chi connectivity index (χ0) is 23.3. The molecule has 0 aliphatic rings. The standard InChI is InChI=1S/C16H29N5O9/c17-4-2-1-3-9(16(29)30)19-14(27)11(7-23)21-15(28)10(6-22)20-13(26)8(18)5-12(24)25/h8-11,22-23H,1-7,17-18H2,(H,19,27)(H,20,26)(H,21,28)(H,24,25)(H,29,30). The summed E-state index contributed by atoms with van der Waals surface area (Å²) in [5, 5.41) is 42.7. The van der Waals surface area contributed by atoms with Gasteiger partial charge in [0, 0.05) is 0 Å². The smallest absolute Gasteiger partial charge is 0.326 e. The van der Waals surface area contributed by atoms with Crippen molar-refractivity contribution < 1.29 is 44.4 Å². The molecule has 0 rings (SSSR count). The Morgan fingerprint density at radius 2 is 1.23 bits per heavy atom. The lowest BCUT2D eigenvalue weighted by Crippen LogP contribution is -2.59. The number of carboxylic acids is 2. The zero-order valence-electron chi connectivity index (χ0n) is 16.2. The highest BCUT2D eigenvalue weighted by atomic mass is 16.4. The molecule has 14 nitrogen and oxygen atoms in total. The number of carbonyl (C=O) groups is 5. The Morgan fingerprint density at radius 3 is 1.63 bits per heavy atom. The predicted octanol–water partition coefficient (Wildman–Crippen LogP) is -4.56. The maximum Gasteiger partial charge on any atom is 0.326 e. The van der Waals surface area contributed by atoms with Crippen LogP contribution < -0.4 is 27.4 Å². The molecule has 0 saturated carbocycles. The van der Waals surface area contributed by atoms with Crippen molar-refractivity contribution >= 4 is 29.7 Å². The second kappa shape index (κ2) is 14.2. The number of hydrogen-bond acceptors (Lipinski definition) is 9. The van der Waals surface area contributed by atoms with E-state index in [9.17, 15) is 34.2 Å². The van der Waals surface area contributed by atoms with Crippen LogP contribution in [0.5, 0.6) is 0 Å². The van der Waals surface area contributed by atoms with E-state index in [2.05, 4.69) is 10.6 Å². The fourth-order valence-corrected chi connectivity index (χ4v) is 2.24. The Kier molecular flexibility index (Phi) is 12.9. The third-order valence-corrected chi connectivity index (χ3v) is 3.92. The molecule has 0 bridgehead atoms. The molecule has 0 radical (unpaired) electrons. The van der Waals surface area contributed by atoms with Crippen molar-refractivity contribution in [3.05, 3.63) is 0 Å². The number of nitrogens with two attached hydrogens (primary N) is 2. The quantitative estimate of drug-likeness (QED) is 0.111. The van der Waals surface area contributed by atoms with Crippen LogP contribution >= 0.6 is 0 Å². The van der Waals surface area contributed by atoms with E-state index in [0.717, 1.165) is 0 Å². The fourth-order valence-electron chi connectivity index (χ4n) is 2.24. The third-order valence-electron chi connectivity index (χ3n) is 3.92. The van der Waals surface area contributed by atoms with Crippen molar-refractivity contribution in [3.63, 3.8) is 0 Å². The number of carboxylic acid groups (broad SMARTS) is 2. The van der Waals surface area contributed by atoms with Gasteiger partial charge in [0.2, 0.25) is 17.7 Å². The summed E-state index contributed by atoms with van der Waals surface area (Å²) < 4.78 is 0. The number of rotatable bonds is 15. The largest absolute Gasteiger partial charge is 0.481 e. The molecule has 0 aliphatic heterocycles. The third kappa shape index (κ3) is 10.1. The molecule has 0 aromatic rings. The van der Waals surface area contributed by atoms with E-state index in [1.165, 1.54) is 0 Å². The van der Waals surface area contributed by atoms with E-state index in [-0.39, 0.29) is 6.42 Å². The number of aliphatic hydroxyl groups excluding tert-OH is 2. The molecular formula is C16H29N5O9. The summed E-state index contributed by atoms with van der Waals surface area (Å²) in [6.45, 7) is -1.45. The molecule has 0 aliphatic carbocycles. The second-order valence-electron chi connectivity index (χ2n) is 6.38. The molecule has 0 aromatic heterocycles. The molecule has 0 aromatic carbocycles. The van der Waals surface area contributed by atoms with Crippen LogP contribution in [0.15, 0.2) is 0 Å². The van der Waals surface area contributed by atoms with Gasteiger partial charge in [-0.1, -0.05) is 0 Å². The lowest BCUT2D eigenvalue weighted by Gasteiger charge is -2.23. The van der Waals surface area contributed by atoms with Crippen LogP contribution in [-0.4, -0.2) is 94.0 Å². The molecule has 4 atom stereocenters. The number of amides is 3. The van der Waals surface area contributed by atoms with Crippen molar-refractivity contribution in [2.75, 3.05) is 19.8 Å². The van der Waals surface area contributed by atoms with Crippen molar-refractivity contribution in [2.24, 2.45) is 11.5 Å². The number of aliphatic carboxylic acids is 2. The van der Waals surface area contributed by atoms with Gasteiger partial charge >= 0.3 is 11.9 Å². The molecular weight excluding hydrogens is 406 g/mol. The van der Waals surface area contributed by atoms with Crippen molar-refractivity contribution in [1.29, 1.82) is 0 Å². The SMILES string of the molecule is NCCCCC(NC(=O)C(CO)NC(=O)C(CO)NC(=O)C(N)CC(=O)O)C(=O)O. The van der Waals surface area contributed by atoms with Gasteiger partial charge in [0.25, 0.3) is 0 Å². The van der Waals surface area contributed by atoms with E-state index in [0.29, 0.717) is 19.4 Å². The lowest BCUT2D eigenvalue weighted by molar-refractivity contribution is -0.142. The average Bonchev–Trinajstić information content (AvgIpc) is 2.68. The van der Waals surface area contributed by atoms with Gasteiger partial charge in [0.05, 0.1) is 25.7 Å². The number of hydrogen-bond donors (Lipinski definition) is 9. The molecule has 0 fully saturated rings. The minimum absolute atomic E-state index is 0.0845. The van der Waals surface area contributed by atoms with Crippen molar-refractivity contribution in [1.82, 2.24) is 16.0 Å². The first-order valence-corrected chi connectivity index (χ1v) is 9.10. The number of unbranched alkanes of at least 4 members (excludes halogenated alkanes) is 1. The first kappa shape index (κ1) is 27.2. The molecule has 0 heterocycles. The Morgan fingerprint density at radius 1 is 0.767 bits per heavy atom. The molecule has 172 valence electrons. The Labute approximate surface area is 172 Å². The van der Waals surface area contributed by atoms with E-state index in [1.807, 2.05) is 5.32 Å². The van der Waals surface area contributed by atoms with Gasteiger partial charge < -0.3 is 47.8 Å². The van der Waals surface area contributed by atoms with E-state index in [4.69, 9.17) is 21.7 Å². The van der Waals surface area contributed by atoms with E-state index >= 15 is 0 Å².